The molecule has 0 aromatic heterocycles. The Morgan fingerprint density at radius 3 is 0.962 bits per heavy atom. The smallest absolute Gasteiger partial charge is 0.0623 e. The van der Waals surface area contributed by atoms with E-state index in [1.807, 2.05) is 0 Å². The van der Waals surface area contributed by atoms with Gasteiger partial charge in [0.25, 0.3) is 0 Å². The zero-order valence-electron chi connectivity index (χ0n) is 45.9. The minimum Gasteiger partial charge on any atom is -0.0623 e. The fourth-order valence-corrected chi connectivity index (χ4v) is 20.6. The Morgan fingerprint density at radius 1 is 0.266 bits per heavy atom. The van der Waals surface area contributed by atoms with Gasteiger partial charge in [0.2, 0.25) is 0 Å². The predicted molar refractivity (Wildman–Crippen MR) is 336 cm³/mol. The van der Waals surface area contributed by atoms with Crippen LogP contribution in [0.3, 0.4) is 0 Å². The number of hydrogen-bond donors (Lipinski definition) is 0. The van der Waals surface area contributed by atoms with Crippen molar-refractivity contribution in [2.24, 2.45) is 0 Å². The summed E-state index contributed by atoms with van der Waals surface area (Å²) in [7, 11) is -2.90. The van der Waals surface area contributed by atoms with Crippen LogP contribution in [0.15, 0.2) is 267 Å². The van der Waals surface area contributed by atoms with Gasteiger partial charge in [0.05, 0.1) is 5.41 Å². The van der Waals surface area contributed by atoms with Crippen molar-refractivity contribution in [2.45, 2.75) is 63.2 Å². The lowest BCUT2D eigenvalue weighted by Gasteiger charge is -2.38. The van der Waals surface area contributed by atoms with Crippen LogP contribution >= 0.6 is 0 Å². The summed E-state index contributed by atoms with van der Waals surface area (Å²) in [6.07, 6.45) is 0. The summed E-state index contributed by atoms with van der Waals surface area (Å²) in [5.41, 5.74) is 20.4. The summed E-state index contributed by atoms with van der Waals surface area (Å²) in [4.78, 5) is 0. The summed E-state index contributed by atoms with van der Waals surface area (Å²) in [6, 6.07) is 102. The van der Waals surface area contributed by atoms with Crippen molar-refractivity contribution in [3.05, 3.63) is 323 Å². The second kappa shape index (κ2) is 17.2. The van der Waals surface area contributed by atoms with Gasteiger partial charge in [-0.15, -0.1) is 0 Å². The third-order valence-electron chi connectivity index (χ3n) is 19.3. The maximum absolute atomic E-state index is 2.90. The third kappa shape index (κ3) is 6.43. The molecule has 79 heavy (non-hydrogen) atoms. The number of rotatable bonds is 8. The normalized spacial score (nSPS) is 15.0. The van der Waals surface area contributed by atoms with Crippen LogP contribution in [0.5, 0.6) is 0 Å². The molecule has 1 heteroatoms. The molecular weight excluding hydrogens is 965 g/mol. The van der Waals surface area contributed by atoms with Gasteiger partial charge in [0.1, 0.15) is 0 Å². The summed E-state index contributed by atoms with van der Waals surface area (Å²) >= 11 is 0. The van der Waals surface area contributed by atoms with E-state index in [4.69, 9.17) is 0 Å². The second-order valence-electron chi connectivity index (χ2n) is 24.2. The molecule has 0 heterocycles. The molecule has 0 N–H and O–H groups in total. The van der Waals surface area contributed by atoms with E-state index >= 15 is 0 Å². The Hall–Kier alpha value is -8.62. The minimum absolute atomic E-state index is 0.251. The molecule has 0 saturated heterocycles. The van der Waals surface area contributed by atoms with Crippen LogP contribution in [0.2, 0.25) is 0 Å². The molecular formula is C78H62Si. The molecule has 12 aromatic rings. The largest absolute Gasteiger partial charge is 0.180 e. The monoisotopic (exact) mass is 1030 g/mol. The maximum Gasteiger partial charge on any atom is 0.180 e. The highest BCUT2D eigenvalue weighted by molar-refractivity contribution is 7.20. The first-order valence-electron chi connectivity index (χ1n) is 28.3. The van der Waals surface area contributed by atoms with Gasteiger partial charge in [-0.1, -0.05) is 284 Å². The van der Waals surface area contributed by atoms with E-state index in [-0.39, 0.29) is 16.2 Å². The average molecular weight is 1030 g/mol. The molecule has 0 atom stereocenters. The van der Waals surface area contributed by atoms with Crippen molar-refractivity contribution >= 4 is 50.4 Å². The molecule has 0 unspecified atom stereocenters. The zero-order chi connectivity index (χ0) is 53.5. The van der Waals surface area contributed by atoms with Gasteiger partial charge in [0.15, 0.2) is 8.07 Å². The summed E-state index contributed by atoms with van der Waals surface area (Å²) in [5.74, 6) is 0. The Labute approximate surface area is 466 Å². The molecule has 378 valence electrons. The molecule has 0 bridgehead atoms. The Kier molecular flexibility index (Phi) is 10.4. The average Bonchev–Trinajstić information content (AvgIpc) is 3.81. The van der Waals surface area contributed by atoms with Crippen LogP contribution in [0, 0.1) is 0 Å². The highest BCUT2D eigenvalue weighted by Crippen LogP contribution is 2.62. The lowest BCUT2D eigenvalue weighted by molar-refractivity contribution is 0.648. The van der Waals surface area contributed by atoms with Gasteiger partial charge < -0.3 is 0 Å². The van der Waals surface area contributed by atoms with E-state index < -0.39 is 13.5 Å². The van der Waals surface area contributed by atoms with E-state index in [0.29, 0.717) is 0 Å². The van der Waals surface area contributed by atoms with E-state index in [0.717, 1.165) is 0 Å². The van der Waals surface area contributed by atoms with Crippen LogP contribution in [-0.4, -0.2) is 8.07 Å². The van der Waals surface area contributed by atoms with Crippen molar-refractivity contribution in [3.63, 3.8) is 0 Å². The van der Waals surface area contributed by atoms with Crippen LogP contribution in [0.25, 0.3) is 54.9 Å². The van der Waals surface area contributed by atoms with Crippen molar-refractivity contribution in [1.82, 2.24) is 0 Å². The van der Waals surface area contributed by atoms with Crippen LogP contribution in [-0.2, 0) is 21.7 Å². The minimum atomic E-state index is -2.90. The first kappa shape index (κ1) is 47.6. The highest BCUT2D eigenvalue weighted by Gasteiger charge is 2.49. The lowest BCUT2D eigenvalue weighted by atomic mass is 9.63. The molecule has 0 radical (unpaired) electrons. The SMILES string of the molecule is CC1(C)c2cc3c(cc2-c2cc4c(cc21)-c1c(cc([Si](c2ccccc2)(c2ccccc2)c2ccccc2)c2ccccc12)C4(C)C)C(C)(C)c1cc(C(c2ccccc2)(c2ccccc2)c2ccccc2)c2ccccc2c1-3. The maximum atomic E-state index is 2.67. The molecule has 15 rings (SSSR count). The molecule has 3 aliphatic carbocycles. The fourth-order valence-electron chi connectivity index (χ4n) is 15.6. The van der Waals surface area contributed by atoms with Crippen molar-refractivity contribution in [1.29, 1.82) is 0 Å². The molecule has 0 nitrogen and oxygen atoms in total. The van der Waals surface area contributed by atoms with Crippen LogP contribution in [0.1, 0.15) is 97.2 Å². The van der Waals surface area contributed by atoms with Crippen molar-refractivity contribution in [3.8, 4) is 33.4 Å². The van der Waals surface area contributed by atoms with E-state index in [1.165, 1.54) is 131 Å². The number of benzene rings is 12. The topological polar surface area (TPSA) is 0 Å². The number of hydrogen-bond acceptors (Lipinski definition) is 0. The second-order valence-corrected chi connectivity index (χ2v) is 28.0. The first-order chi connectivity index (χ1) is 38.5. The molecule has 0 fully saturated rings. The molecule has 0 saturated carbocycles. The van der Waals surface area contributed by atoms with Crippen molar-refractivity contribution in [2.75, 3.05) is 0 Å². The van der Waals surface area contributed by atoms with Crippen LogP contribution in [0.4, 0.5) is 0 Å². The predicted octanol–water partition coefficient (Wildman–Crippen LogP) is 16.7. The summed E-state index contributed by atoms with van der Waals surface area (Å²) < 4.78 is 0. The lowest BCUT2D eigenvalue weighted by Crippen LogP contribution is -2.75. The summed E-state index contributed by atoms with van der Waals surface area (Å²) in [6.45, 7) is 14.9. The van der Waals surface area contributed by atoms with Gasteiger partial charge in [-0.2, -0.15) is 0 Å². The Balaban J connectivity index is 0.940. The zero-order valence-corrected chi connectivity index (χ0v) is 46.9. The van der Waals surface area contributed by atoms with Gasteiger partial charge in [-0.05, 0) is 156 Å². The van der Waals surface area contributed by atoms with Gasteiger partial charge in [0, 0.05) is 16.2 Å². The highest BCUT2D eigenvalue weighted by atomic mass is 28.3. The van der Waals surface area contributed by atoms with Gasteiger partial charge in [-0.3, -0.25) is 0 Å². The van der Waals surface area contributed by atoms with Gasteiger partial charge >= 0.3 is 0 Å². The van der Waals surface area contributed by atoms with Crippen molar-refractivity contribution < 1.29 is 0 Å². The number of fused-ring (bicyclic) bond motifs is 13. The quantitative estimate of drug-likeness (QED) is 0.105. The molecule has 0 amide bonds. The van der Waals surface area contributed by atoms with E-state index in [9.17, 15) is 0 Å². The molecule has 12 aromatic carbocycles. The van der Waals surface area contributed by atoms with Crippen LogP contribution < -0.4 is 20.7 Å². The van der Waals surface area contributed by atoms with E-state index in [2.05, 4.69) is 308 Å². The van der Waals surface area contributed by atoms with E-state index in [1.54, 1.807) is 0 Å². The molecule has 0 aliphatic heterocycles. The third-order valence-corrected chi connectivity index (χ3v) is 24.1. The molecule has 3 aliphatic rings. The summed E-state index contributed by atoms with van der Waals surface area (Å²) in [5, 5.41) is 10.9. The van der Waals surface area contributed by atoms with Gasteiger partial charge in [-0.25, -0.2) is 0 Å². The first-order valence-corrected chi connectivity index (χ1v) is 30.3. The molecule has 0 spiro atoms. The Bertz CT molecular complexity index is 3920. The Morgan fingerprint density at radius 2 is 0.557 bits per heavy atom. The fraction of sp³-hybridized carbons (Fsp3) is 0.128. The standard InChI is InChI=1S/C78H62Si/c1-75(2)65-47-63-67(76(3,4)70-49-69(57-41-25-27-43-59(57)73(63)70)78(51-29-13-7-14-30-51,52-31-15-8-16-32-52)53-33-17-9-18-34-53)45-61(65)62-46-68-64(48-66(62)75)74-60-44-28-26-42-58(60)72(50-71(74)77(68,5)6)79(54-35-19-10-20-36-54,55-37-21-11-22-38-55)56-39-23-12-24-40-56/h7-50H,1-6H3.